The highest BCUT2D eigenvalue weighted by molar-refractivity contribution is 6.33. The summed E-state index contributed by atoms with van der Waals surface area (Å²) in [4.78, 5) is 25.6. The van der Waals surface area contributed by atoms with Crippen molar-refractivity contribution in [1.82, 2.24) is 10.3 Å². The highest BCUT2D eigenvalue weighted by atomic mass is 35.5. The average Bonchev–Trinajstić information content (AvgIpc) is 3.40. The number of benzene rings is 1. The van der Waals surface area contributed by atoms with Gasteiger partial charge in [0.2, 0.25) is 5.91 Å². The van der Waals surface area contributed by atoms with E-state index in [1.807, 2.05) is 39.0 Å². The molecule has 2 aromatic heterocycles. The summed E-state index contributed by atoms with van der Waals surface area (Å²) >= 11 is 6.34. The van der Waals surface area contributed by atoms with E-state index in [0.717, 1.165) is 41.8 Å². The molecule has 1 atom stereocenters. The quantitative estimate of drug-likeness (QED) is 0.263. The third-order valence-electron chi connectivity index (χ3n) is 6.74. The smallest absolute Gasteiger partial charge is 0.225 e. The van der Waals surface area contributed by atoms with Gasteiger partial charge in [-0.05, 0) is 55.7 Å². The van der Waals surface area contributed by atoms with Gasteiger partial charge in [0.25, 0.3) is 0 Å². The molecule has 198 valence electrons. The Hall–Kier alpha value is -2.93. The van der Waals surface area contributed by atoms with Crippen molar-refractivity contribution in [3.63, 3.8) is 0 Å². The van der Waals surface area contributed by atoms with Crippen molar-refractivity contribution in [1.29, 1.82) is 0 Å². The molecule has 8 heteroatoms. The number of carbonyl (C=O) groups excluding carboxylic acids is 2. The van der Waals surface area contributed by atoms with Crippen LogP contribution >= 0.6 is 11.6 Å². The first-order valence-electron chi connectivity index (χ1n) is 13.2. The van der Waals surface area contributed by atoms with Crippen LogP contribution < -0.4 is 5.32 Å². The number of rotatable bonds is 12. The van der Waals surface area contributed by atoms with Gasteiger partial charge in [0.05, 0.1) is 16.4 Å². The van der Waals surface area contributed by atoms with E-state index in [0.29, 0.717) is 46.8 Å². The fourth-order valence-electron chi connectivity index (χ4n) is 4.56. The van der Waals surface area contributed by atoms with Gasteiger partial charge in [0.1, 0.15) is 11.5 Å². The van der Waals surface area contributed by atoms with Crippen LogP contribution in [-0.2, 0) is 16.0 Å². The zero-order valence-corrected chi connectivity index (χ0v) is 23.0. The van der Waals surface area contributed by atoms with Crippen LogP contribution in [-0.4, -0.2) is 22.0 Å². The number of nitrogens with zero attached hydrogens (tertiary/aromatic N) is 2. The summed E-state index contributed by atoms with van der Waals surface area (Å²) in [6.07, 6.45) is 3.89. The zero-order chi connectivity index (χ0) is 26.7. The predicted octanol–water partition coefficient (Wildman–Crippen LogP) is 7.49. The third kappa shape index (κ3) is 6.89. The normalized spacial score (nSPS) is 14.4. The lowest BCUT2D eigenvalue weighted by molar-refractivity contribution is -0.122. The molecule has 1 amide bonds. The van der Waals surface area contributed by atoms with Crippen molar-refractivity contribution in [2.75, 3.05) is 5.32 Å². The molecule has 37 heavy (non-hydrogen) atoms. The van der Waals surface area contributed by atoms with Crippen LogP contribution in [0, 0.1) is 18.8 Å². The maximum atomic E-state index is 13.2. The number of hydrogen-bond acceptors (Lipinski definition) is 6. The van der Waals surface area contributed by atoms with Crippen molar-refractivity contribution in [3.05, 3.63) is 51.9 Å². The Kier molecular flexibility index (Phi) is 8.53. The Balaban J connectivity index is 1.61. The van der Waals surface area contributed by atoms with Crippen molar-refractivity contribution in [3.8, 4) is 11.5 Å². The molecular formula is C29H36ClN3O4. The first-order chi connectivity index (χ1) is 17.6. The first kappa shape index (κ1) is 27.1. The summed E-state index contributed by atoms with van der Waals surface area (Å²) in [5, 5.41) is 12.1. The molecule has 1 fully saturated rings. The molecule has 3 aromatic rings. The summed E-state index contributed by atoms with van der Waals surface area (Å²) in [7, 11) is 0. The molecule has 1 aliphatic carbocycles. The molecule has 1 aromatic carbocycles. The van der Waals surface area contributed by atoms with Gasteiger partial charge in [0, 0.05) is 42.7 Å². The lowest BCUT2D eigenvalue weighted by Crippen LogP contribution is -2.18. The number of halogens is 1. The molecule has 0 saturated heterocycles. The van der Waals surface area contributed by atoms with Gasteiger partial charge in [-0.1, -0.05) is 55.7 Å². The van der Waals surface area contributed by atoms with Crippen LogP contribution in [0.2, 0.25) is 5.02 Å². The maximum Gasteiger partial charge on any atom is 0.225 e. The molecule has 4 rings (SSSR count). The molecular weight excluding hydrogens is 490 g/mol. The Labute approximate surface area is 223 Å². The second-order valence-corrected chi connectivity index (χ2v) is 11.4. The summed E-state index contributed by atoms with van der Waals surface area (Å²) in [6, 6.07) is 7.44. The number of Topliss-reactive ketones (excluding diaryl/α,β-unsaturated/α-hetero) is 1. The first-order valence-corrected chi connectivity index (χ1v) is 13.5. The molecule has 2 heterocycles. The van der Waals surface area contributed by atoms with Crippen LogP contribution in [0.3, 0.4) is 0 Å². The van der Waals surface area contributed by atoms with Crippen molar-refractivity contribution >= 4 is 29.0 Å². The lowest BCUT2D eigenvalue weighted by atomic mass is 9.88. The average molecular weight is 526 g/mol. The Bertz CT molecular complexity index is 1260. The number of aryl methyl sites for hydroxylation is 1. The van der Waals surface area contributed by atoms with E-state index in [-0.39, 0.29) is 29.9 Å². The molecule has 0 aliphatic heterocycles. The minimum Gasteiger partial charge on any atom is -0.361 e. The van der Waals surface area contributed by atoms with E-state index in [1.165, 1.54) is 0 Å². The van der Waals surface area contributed by atoms with Crippen LogP contribution in [0.5, 0.6) is 0 Å². The standard InChI is InChI=1S/C29H36ClN3O4/c1-16(2)12-21-15-24(32-36-21)29-27(19-7-8-19)28(33-37-29)20(9-11-25(34)17(3)4)14-26(35)31-23-10-6-18(5)13-22(23)30/h6,10,13,15-17,19-20H,7-9,11-12,14H2,1-5H3,(H,31,35)/t20-/m0/s1. The van der Waals surface area contributed by atoms with Gasteiger partial charge in [-0.25, -0.2) is 0 Å². The van der Waals surface area contributed by atoms with Gasteiger partial charge < -0.3 is 14.4 Å². The number of anilines is 1. The van der Waals surface area contributed by atoms with Crippen molar-refractivity contribution in [2.24, 2.45) is 11.8 Å². The highest BCUT2D eigenvalue weighted by Gasteiger charge is 2.37. The van der Waals surface area contributed by atoms with Crippen molar-refractivity contribution < 1.29 is 18.6 Å². The number of amides is 1. The van der Waals surface area contributed by atoms with E-state index >= 15 is 0 Å². The van der Waals surface area contributed by atoms with Gasteiger partial charge in [0.15, 0.2) is 11.5 Å². The molecule has 1 aliphatic rings. The minimum absolute atomic E-state index is 0.0638. The van der Waals surface area contributed by atoms with Gasteiger partial charge in [-0.3, -0.25) is 9.59 Å². The van der Waals surface area contributed by atoms with E-state index in [9.17, 15) is 9.59 Å². The van der Waals surface area contributed by atoms with Crippen LogP contribution in [0.15, 0.2) is 33.3 Å². The molecule has 0 spiro atoms. The molecule has 0 unspecified atom stereocenters. The molecule has 1 saturated carbocycles. The van der Waals surface area contributed by atoms with Crippen LogP contribution in [0.25, 0.3) is 11.5 Å². The molecule has 0 radical (unpaired) electrons. The molecule has 0 bridgehead atoms. The third-order valence-corrected chi connectivity index (χ3v) is 7.06. The Morgan fingerprint density at radius 2 is 1.86 bits per heavy atom. The molecule has 7 nitrogen and oxygen atoms in total. The number of ketones is 1. The Morgan fingerprint density at radius 3 is 2.51 bits per heavy atom. The van der Waals surface area contributed by atoms with E-state index in [2.05, 4.69) is 29.5 Å². The predicted molar refractivity (Wildman–Crippen MR) is 144 cm³/mol. The topological polar surface area (TPSA) is 98.2 Å². The summed E-state index contributed by atoms with van der Waals surface area (Å²) in [5.74, 6) is 1.81. The second kappa shape index (κ2) is 11.6. The monoisotopic (exact) mass is 525 g/mol. The van der Waals surface area contributed by atoms with Gasteiger partial charge >= 0.3 is 0 Å². The Morgan fingerprint density at radius 1 is 1.11 bits per heavy atom. The number of carbonyl (C=O) groups is 2. The summed E-state index contributed by atoms with van der Waals surface area (Å²) < 4.78 is 11.4. The molecule has 1 N–H and O–H groups in total. The van der Waals surface area contributed by atoms with Crippen LogP contribution in [0.4, 0.5) is 5.69 Å². The number of nitrogens with one attached hydrogen (secondary N) is 1. The van der Waals surface area contributed by atoms with Gasteiger partial charge in [-0.15, -0.1) is 0 Å². The van der Waals surface area contributed by atoms with E-state index < -0.39 is 0 Å². The fraction of sp³-hybridized carbons (Fsp3) is 0.517. The summed E-state index contributed by atoms with van der Waals surface area (Å²) in [6.45, 7) is 9.99. The minimum atomic E-state index is -0.276. The van der Waals surface area contributed by atoms with Crippen molar-refractivity contribution in [2.45, 2.75) is 85.0 Å². The SMILES string of the molecule is Cc1ccc(NC(=O)C[C@H](CCC(=O)C(C)C)c2noc(-c3cc(CC(C)C)on3)c2C2CC2)c(Cl)c1. The fourth-order valence-corrected chi connectivity index (χ4v) is 4.84. The van der Waals surface area contributed by atoms with E-state index in [1.54, 1.807) is 6.07 Å². The lowest BCUT2D eigenvalue weighted by Gasteiger charge is -2.17. The maximum absolute atomic E-state index is 13.2. The largest absolute Gasteiger partial charge is 0.361 e. The number of hydrogen-bond donors (Lipinski definition) is 1. The van der Waals surface area contributed by atoms with Crippen LogP contribution in [0.1, 0.15) is 94.2 Å². The zero-order valence-electron chi connectivity index (χ0n) is 22.3. The number of aromatic nitrogens is 2. The highest BCUT2D eigenvalue weighted by Crippen LogP contribution is 2.48. The van der Waals surface area contributed by atoms with E-state index in [4.69, 9.17) is 20.6 Å². The second-order valence-electron chi connectivity index (χ2n) is 11.0. The summed E-state index contributed by atoms with van der Waals surface area (Å²) in [5.41, 5.74) is 3.95. The van der Waals surface area contributed by atoms with Gasteiger partial charge in [-0.2, -0.15) is 0 Å².